The first-order chi connectivity index (χ1) is 12.0. The zero-order chi connectivity index (χ0) is 18.2. The third-order valence-corrected chi connectivity index (χ3v) is 3.32. The molecule has 0 aliphatic heterocycles. The van der Waals surface area contributed by atoms with Crippen LogP contribution in [0.4, 0.5) is 5.69 Å². The van der Waals surface area contributed by atoms with E-state index in [1.807, 2.05) is 25.1 Å². The summed E-state index contributed by atoms with van der Waals surface area (Å²) < 4.78 is 11.2. The van der Waals surface area contributed by atoms with Gasteiger partial charge in [-0.25, -0.2) is 0 Å². The Morgan fingerprint density at radius 3 is 2.32 bits per heavy atom. The summed E-state index contributed by atoms with van der Waals surface area (Å²) in [6.45, 7) is 5.51. The van der Waals surface area contributed by atoms with Gasteiger partial charge in [-0.3, -0.25) is 9.59 Å². The minimum Gasteiger partial charge on any atom is -0.494 e. The number of rotatable bonds is 7. The van der Waals surface area contributed by atoms with E-state index in [9.17, 15) is 9.59 Å². The van der Waals surface area contributed by atoms with Crippen LogP contribution in [0.5, 0.6) is 17.2 Å². The van der Waals surface area contributed by atoms with Crippen molar-refractivity contribution in [2.45, 2.75) is 26.8 Å². The first-order valence-electron chi connectivity index (χ1n) is 8.07. The number of carbonyl (C=O) groups is 2. The number of para-hydroxylation sites is 2. The second-order valence-corrected chi connectivity index (χ2v) is 5.41. The molecule has 6 heteroatoms. The van der Waals surface area contributed by atoms with Gasteiger partial charge in [0.15, 0.2) is 5.75 Å². The fourth-order valence-electron chi connectivity index (χ4n) is 2.17. The van der Waals surface area contributed by atoms with Gasteiger partial charge < -0.3 is 20.1 Å². The van der Waals surface area contributed by atoms with E-state index in [0.717, 1.165) is 5.75 Å². The van der Waals surface area contributed by atoms with Crippen molar-refractivity contribution in [2.24, 2.45) is 0 Å². The molecule has 0 heterocycles. The van der Waals surface area contributed by atoms with Crippen molar-refractivity contribution in [3.8, 4) is 17.2 Å². The van der Waals surface area contributed by atoms with E-state index in [0.29, 0.717) is 23.8 Å². The van der Waals surface area contributed by atoms with Crippen molar-refractivity contribution in [2.75, 3.05) is 11.9 Å². The standard InChI is InChI=1S/C19H22N2O4/c1-4-24-15-9-11-16(12-10-15)25-18-8-6-5-7-17(18)21-19(23)13(2)20-14(3)22/h5-13H,4H2,1-3H3,(H,20,22)(H,21,23). The fourth-order valence-corrected chi connectivity index (χ4v) is 2.17. The molecule has 1 atom stereocenters. The number of amides is 2. The minimum absolute atomic E-state index is 0.262. The van der Waals surface area contributed by atoms with Gasteiger partial charge in [0.05, 0.1) is 12.3 Å². The van der Waals surface area contributed by atoms with Gasteiger partial charge in [0, 0.05) is 6.92 Å². The maximum atomic E-state index is 12.2. The van der Waals surface area contributed by atoms with Gasteiger partial charge in [-0.1, -0.05) is 12.1 Å². The zero-order valence-corrected chi connectivity index (χ0v) is 14.5. The van der Waals surface area contributed by atoms with Crippen LogP contribution in [0.25, 0.3) is 0 Å². The van der Waals surface area contributed by atoms with Crippen LogP contribution in [0.1, 0.15) is 20.8 Å². The van der Waals surface area contributed by atoms with Crippen LogP contribution in [-0.4, -0.2) is 24.5 Å². The highest BCUT2D eigenvalue weighted by molar-refractivity contribution is 5.97. The number of ether oxygens (including phenoxy) is 2. The summed E-state index contributed by atoms with van der Waals surface area (Å²) in [7, 11) is 0. The predicted molar refractivity (Wildman–Crippen MR) is 96.0 cm³/mol. The Morgan fingerprint density at radius 1 is 1.04 bits per heavy atom. The van der Waals surface area contributed by atoms with E-state index in [-0.39, 0.29) is 11.8 Å². The Hall–Kier alpha value is -3.02. The highest BCUT2D eigenvalue weighted by Crippen LogP contribution is 2.30. The molecule has 2 rings (SSSR count). The molecule has 0 aliphatic rings. The van der Waals surface area contributed by atoms with E-state index in [1.165, 1.54) is 6.92 Å². The van der Waals surface area contributed by atoms with Crippen molar-refractivity contribution in [1.29, 1.82) is 0 Å². The Labute approximate surface area is 147 Å². The first kappa shape index (κ1) is 18.3. The van der Waals surface area contributed by atoms with Crippen molar-refractivity contribution < 1.29 is 19.1 Å². The number of nitrogens with one attached hydrogen (secondary N) is 2. The largest absolute Gasteiger partial charge is 0.494 e. The smallest absolute Gasteiger partial charge is 0.246 e. The molecular formula is C19H22N2O4. The molecule has 0 aromatic heterocycles. The molecule has 1 unspecified atom stereocenters. The maximum Gasteiger partial charge on any atom is 0.246 e. The van der Waals surface area contributed by atoms with Crippen LogP contribution in [0, 0.1) is 0 Å². The van der Waals surface area contributed by atoms with E-state index in [1.54, 1.807) is 37.3 Å². The molecule has 2 N–H and O–H groups in total. The quantitative estimate of drug-likeness (QED) is 0.809. The van der Waals surface area contributed by atoms with E-state index in [4.69, 9.17) is 9.47 Å². The molecule has 0 aliphatic carbocycles. The third kappa shape index (κ3) is 5.53. The van der Waals surface area contributed by atoms with Gasteiger partial charge >= 0.3 is 0 Å². The second kappa shape index (κ2) is 8.73. The van der Waals surface area contributed by atoms with E-state index >= 15 is 0 Å². The number of benzene rings is 2. The molecular weight excluding hydrogens is 320 g/mol. The Bertz CT molecular complexity index is 728. The van der Waals surface area contributed by atoms with Gasteiger partial charge in [-0.15, -0.1) is 0 Å². The molecule has 0 spiro atoms. The number of hydrogen-bond acceptors (Lipinski definition) is 4. The zero-order valence-electron chi connectivity index (χ0n) is 14.5. The van der Waals surface area contributed by atoms with Gasteiger partial charge in [0.2, 0.25) is 11.8 Å². The van der Waals surface area contributed by atoms with E-state index in [2.05, 4.69) is 10.6 Å². The molecule has 132 valence electrons. The van der Waals surface area contributed by atoms with Crippen LogP contribution in [0.15, 0.2) is 48.5 Å². The summed E-state index contributed by atoms with van der Waals surface area (Å²) in [4.78, 5) is 23.2. The van der Waals surface area contributed by atoms with Crippen molar-refractivity contribution in [3.05, 3.63) is 48.5 Å². The average Bonchev–Trinajstić information content (AvgIpc) is 2.58. The first-order valence-corrected chi connectivity index (χ1v) is 8.07. The highest BCUT2D eigenvalue weighted by Gasteiger charge is 2.15. The lowest BCUT2D eigenvalue weighted by atomic mass is 10.2. The normalized spacial score (nSPS) is 11.3. The molecule has 25 heavy (non-hydrogen) atoms. The van der Waals surface area contributed by atoms with Crippen molar-refractivity contribution in [3.63, 3.8) is 0 Å². The molecule has 2 aromatic rings. The van der Waals surface area contributed by atoms with E-state index < -0.39 is 6.04 Å². The van der Waals surface area contributed by atoms with Crippen molar-refractivity contribution >= 4 is 17.5 Å². The summed E-state index contributed by atoms with van der Waals surface area (Å²) in [5.74, 6) is 1.31. The second-order valence-electron chi connectivity index (χ2n) is 5.41. The van der Waals surface area contributed by atoms with Crippen LogP contribution < -0.4 is 20.1 Å². The van der Waals surface area contributed by atoms with Gasteiger partial charge in [-0.05, 0) is 50.2 Å². The molecule has 0 fully saturated rings. The number of anilines is 1. The van der Waals surface area contributed by atoms with Gasteiger partial charge in [0.25, 0.3) is 0 Å². The molecule has 2 aromatic carbocycles. The van der Waals surface area contributed by atoms with Crippen molar-refractivity contribution in [1.82, 2.24) is 5.32 Å². The molecule has 6 nitrogen and oxygen atoms in total. The lowest BCUT2D eigenvalue weighted by Gasteiger charge is -2.16. The van der Waals surface area contributed by atoms with Crippen LogP contribution >= 0.6 is 0 Å². The van der Waals surface area contributed by atoms with Gasteiger partial charge in [-0.2, -0.15) is 0 Å². The summed E-state index contributed by atoms with van der Waals surface area (Å²) in [6.07, 6.45) is 0. The number of hydrogen-bond donors (Lipinski definition) is 2. The summed E-state index contributed by atoms with van der Waals surface area (Å²) in [5.41, 5.74) is 0.526. The third-order valence-electron chi connectivity index (χ3n) is 3.32. The lowest BCUT2D eigenvalue weighted by molar-refractivity contribution is -0.124. The maximum absolute atomic E-state index is 12.2. The summed E-state index contributed by atoms with van der Waals surface area (Å²) in [6, 6.07) is 13.7. The molecule has 0 bridgehead atoms. The summed E-state index contributed by atoms with van der Waals surface area (Å²) in [5, 5.41) is 5.31. The Kier molecular flexibility index (Phi) is 6.39. The lowest BCUT2D eigenvalue weighted by Crippen LogP contribution is -2.40. The number of carbonyl (C=O) groups excluding carboxylic acids is 2. The Balaban J connectivity index is 2.09. The predicted octanol–water partition coefficient (Wildman–Crippen LogP) is 3.34. The van der Waals surface area contributed by atoms with Crippen LogP contribution in [0.2, 0.25) is 0 Å². The minimum atomic E-state index is -0.643. The van der Waals surface area contributed by atoms with Crippen LogP contribution in [0.3, 0.4) is 0 Å². The summed E-state index contributed by atoms with van der Waals surface area (Å²) >= 11 is 0. The SMILES string of the molecule is CCOc1ccc(Oc2ccccc2NC(=O)C(C)NC(C)=O)cc1. The van der Waals surface area contributed by atoms with Gasteiger partial charge in [0.1, 0.15) is 17.5 Å². The molecule has 0 saturated carbocycles. The van der Waals surface area contributed by atoms with Crippen LogP contribution in [-0.2, 0) is 9.59 Å². The molecule has 0 radical (unpaired) electrons. The fraction of sp³-hybridized carbons (Fsp3) is 0.263. The topological polar surface area (TPSA) is 76.7 Å². The monoisotopic (exact) mass is 342 g/mol. The Morgan fingerprint density at radius 2 is 1.68 bits per heavy atom. The highest BCUT2D eigenvalue weighted by atomic mass is 16.5. The average molecular weight is 342 g/mol. The molecule has 0 saturated heterocycles. The molecule has 2 amide bonds.